The lowest BCUT2D eigenvalue weighted by atomic mass is 10.1. The normalized spacial score (nSPS) is 10.6. The Balaban J connectivity index is 2.18. The number of rotatable bonds is 3. The number of hydrogen-bond acceptors (Lipinski definition) is 3. The van der Waals surface area contributed by atoms with E-state index < -0.39 is 11.8 Å². The standard InChI is InChI=1S/C16H18N2O3/c1-10(2)9-17-15(20)16(21)18-13-7-3-6-12-11(13)5-4-8-14(12)19/h3-8,10,19H,9H2,1-2H3,(H,17,20)(H,18,21). The number of fused-ring (bicyclic) bond motifs is 1. The van der Waals surface area contributed by atoms with Crippen LogP contribution in [0.15, 0.2) is 36.4 Å². The molecule has 0 fully saturated rings. The summed E-state index contributed by atoms with van der Waals surface area (Å²) in [6, 6.07) is 10.2. The third-order valence-electron chi connectivity index (χ3n) is 3.02. The van der Waals surface area contributed by atoms with Gasteiger partial charge in [-0.2, -0.15) is 0 Å². The molecule has 5 heteroatoms. The van der Waals surface area contributed by atoms with Crippen LogP contribution in [0.3, 0.4) is 0 Å². The molecule has 0 radical (unpaired) electrons. The van der Waals surface area contributed by atoms with E-state index in [9.17, 15) is 14.7 Å². The first kappa shape index (κ1) is 14.8. The molecule has 5 nitrogen and oxygen atoms in total. The first-order valence-electron chi connectivity index (χ1n) is 6.79. The minimum Gasteiger partial charge on any atom is -0.507 e. The van der Waals surface area contributed by atoms with Gasteiger partial charge in [-0.1, -0.05) is 38.1 Å². The van der Waals surface area contributed by atoms with Crippen molar-refractivity contribution in [1.82, 2.24) is 5.32 Å². The summed E-state index contributed by atoms with van der Waals surface area (Å²) < 4.78 is 0. The van der Waals surface area contributed by atoms with Crippen molar-refractivity contribution in [3.8, 4) is 5.75 Å². The summed E-state index contributed by atoms with van der Waals surface area (Å²) in [6.45, 7) is 4.35. The van der Waals surface area contributed by atoms with E-state index in [0.29, 0.717) is 23.0 Å². The Hall–Kier alpha value is -2.56. The maximum atomic E-state index is 11.9. The summed E-state index contributed by atoms with van der Waals surface area (Å²) in [5.41, 5.74) is 0.494. The van der Waals surface area contributed by atoms with Gasteiger partial charge in [0.1, 0.15) is 5.75 Å². The Morgan fingerprint density at radius 2 is 1.71 bits per heavy atom. The van der Waals surface area contributed by atoms with Gasteiger partial charge in [0.15, 0.2) is 0 Å². The molecular weight excluding hydrogens is 268 g/mol. The van der Waals surface area contributed by atoms with Gasteiger partial charge in [-0.3, -0.25) is 9.59 Å². The molecule has 0 saturated carbocycles. The lowest BCUT2D eigenvalue weighted by molar-refractivity contribution is -0.136. The van der Waals surface area contributed by atoms with Gasteiger partial charge >= 0.3 is 11.8 Å². The van der Waals surface area contributed by atoms with Crippen molar-refractivity contribution >= 4 is 28.3 Å². The Bertz CT molecular complexity index is 680. The molecule has 0 atom stereocenters. The Kier molecular flexibility index (Phi) is 4.42. The molecule has 2 amide bonds. The van der Waals surface area contributed by atoms with Crippen LogP contribution < -0.4 is 10.6 Å². The maximum absolute atomic E-state index is 11.9. The molecular formula is C16H18N2O3. The van der Waals surface area contributed by atoms with Gasteiger partial charge < -0.3 is 15.7 Å². The van der Waals surface area contributed by atoms with Crippen LogP contribution in [0, 0.1) is 5.92 Å². The summed E-state index contributed by atoms with van der Waals surface area (Å²) in [5, 5.41) is 16.2. The summed E-state index contributed by atoms with van der Waals surface area (Å²) in [6.07, 6.45) is 0. The smallest absolute Gasteiger partial charge is 0.313 e. The average Bonchev–Trinajstić information content (AvgIpc) is 2.45. The molecule has 110 valence electrons. The first-order chi connectivity index (χ1) is 9.99. The van der Waals surface area contributed by atoms with Crippen molar-refractivity contribution in [1.29, 1.82) is 0 Å². The molecule has 0 aliphatic heterocycles. The van der Waals surface area contributed by atoms with Crippen molar-refractivity contribution in [3.05, 3.63) is 36.4 Å². The van der Waals surface area contributed by atoms with Crippen molar-refractivity contribution in [2.24, 2.45) is 5.92 Å². The van der Waals surface area contributed by atoms with Crippen LogP contribution in [0.5, 0.6) is 5.75 Å². The Morgan fingerprint density at radius 1 is 1.05 bits per heavy atom. The molecule has 0 spiro atoms. The van der Waals surface area contributed by atoms with Gasteiger partial charge in [0.25, 0.3) is 0 Å². The molecule has 0 aliphatic rings. The number of benzene rings is 2. The average molecular weight is 286 g/mol. The van der Waals surface area contributed by atoms with Gasteiger partial charge in [0.05, 0.1) is 0 Å². The number of anilines is 1. The van der Waals surface area contributed by atoms with Crippen molar-refractivity contribution in [2.45, 2.75) is 13.8 Å². The number of nitrogens with one attached hydrogen (secondary N) is 2. The van der Waals surface area contributed by atoms with Crippen molar-refractivity contribution in [3.63, 3.8) is 0 Å². The zero-order valence-electron chi connectivity index (χ0n) is 12.0. The van der Waals surface area contributed by atoms with Crippen LogP contribution in [0.25, 0.3) is 10.8 Å². The fraction of sp³-hybridized carbons (Fsp3) is 0.250. The molecule has 0 bridgehead atoms. The van der Waals surface area contributed by atoms with Crippen molar-refractivity contribution in [2.75, 3.05) is 11.9 Å². The van der Waals surface area contributed by atoms with E-state index in [2.05, 4.69) is 10.6 Å². The predicted octanol–water partition coefficient (Wildman–Crippen LogP) is 2.26. The molecule has 2 aromatic rings. The zero-order valence-corrected chi connectivity index (χ0v) is 12.0. The van der Waals surface area contributed by atoms with E-state index in [1.165, 1.54) is 0 Å². The maximum Gasteiger partial charge on any atom is 0.313 e. The summed E-state index contributed by atoms with van der Waals surface area (Å²) >= 11 is 0. The summed E-state index contributed by atoms with van der Waals surface area (Å²) in [7, 11) is 0. The van der Waals surface area contributed by atoms with Gasteiger partial charge in [-0.05, 0) is 18.1 Å². The fourth-order valence-electron chi connectivity index (χ4n) is 1.96. The summed E-state index contributed by atoms with van der Waals surface area (Å²) in [4.78, 5) is 23.6. The van der Waals surface area contributed by atoms with Crippen LogP contribution in [-0.4, -0.2) is 23.5 Å². The monoisotopic (exact) mass is 286 g/mol. The summed E-state index contributed by atoms with van der Waals surface area (Å²) in [5.74, 6) is -0.976. The van der Waals surface area contributed by atoms with E-state index in [1.807, 2.05) is 13.8 Å². The molecule has 0 unspecified atom stereocenters. The molecule has 0 aromatic heterocycles. The van der Waals surface area contributed by atoms with Crippen LogP contribution in [0.2, 0.25) is 0 Å². The molecule has 2 rings (SSSR count). The van der Waals surface area contributed by atoms with Crippen LogP contribution in [-0.2, 0) is 9.59 Å². The third kappa shape index (κ3) is 3.51. The number of phenols is 1. The topological polar surface area (TPSA) is 78.4 Å². The second kappa shape index (κ2) is 6.26. The second-order valence-corrected chi connectivity index (χ2v) is 5.24. The van der Waals surface area contributed by atoms with Gasteiger partial charge in [-0.25, -0.2) is 0 Å². The Morgan fingerprint density at radius 3 is 2.43 bits per heavy atom. The number of aromatic hydroxyl groups is 1. The molecule has 21 heavy (non-hydrogen) atoms. The molecule has 2 aromatic carbocycles. The minimum absolute atomic E-state index is 0.132. The van der Waals surface area contributed by atoms with E-state index in [1.54, 1.807) is 36.4 Å². The highest BCUT2D eigenvalue weighted by atomic mass is 16.3. The number of hydrogen-bond donors (Lipinski definition) is 3. The zero-order chi connectivity index (χ0) is 15.4. The third-order valence-corrected chi connectivity index (χ3v) is 3.02. The van der Waals surface area contributed by atoms with Gasteiger partial charge in [0, 0.05) is 23.0 Å². The number of carbonyl (C=O) groups is 2. The first-order valence-corrected chi connectivity index (χ1v) is 6.79. The lowest BCUT2D eigenvalue weighted by Gasteiger charge is -2.10. The predicted molar refractivity (Wildman–Crippen MR) is 82.1 cm³/mol. The van der Waals surface area contributed by atoms with Crippen LogP contribution >= 0.6 is 0 Å². The van der Waals surface area contributed by atoms with E-state index in [0.717, 1.165) is 0 Å². The number of carbonyl (C=O) groups excluding carboxylic acids is 2. The molecule has 0 heterocycles. The van der Waals surface area contributed by atoms with Crippen LogP contribution in [0.4, 0.5) is 5.69 Å². The van der Waals surface area contributed by atoms with Crippen molar-refractivity contribution < 1.29 is 14.7 Å². The van der Waals surface area contributed by atoms with Gasteiger partial charge in [0.2, 0.25) is 0 Å². The highest BCUT2D eigenvalue weighted by Crippen LogP contribution is 2.29. The van der Waals surface area contributed by atoms with E-state index in [4.69, 9.17) is 0 Å². The minimum atomic E-state index is -0.716. The quantitative estimate of drug-likeness (QED) is 0.757. The fourth-order valence-corrected chi connectivity index (χ4v) is 1.96. The molecule has 0 saturated heterocycles. The second-order valence-electron chi connectivity index (χ2n) is 5.24. The Labute approximate surface area is 123 Å². The lowest BCUT2D eigenvalue weighted by Crippen LogP contribution is -2.37. The highest BCUT2D eigenvalue weighted by Gasteiger charge is 2.15. The number of phenolic OH excluding ortho intramolecular Hbond substituents is 1. The SMILES string of the molecule is CC(C)CNC(=O)C(=O)Nc1cccc2c(O)cccc12. The van der Waals surface area contributed by atoms with E-state index >= 15 is 0 Å². The largest absolute Gasteiger partial charge is 0.507 e. The van der Waals surface area contributed by atoms with Gasteiger partial charge in [-0.15, -0.1) is 0 Å². The molecule has 0 aliphatic carbocycles. The molecule has 3 N–H and O–H groups in total. The highest BCUT2D eigenvalue weighted by molar-refractivity contribution is 6.40. The number of amides is 2. The van der Waals surface area contributed by atoms with Crippen LogP contribution in [0.1, 0.15) is 13.8 Å². The van der Waals surface area contributed by atoms with E-state index in [-0.39, 0.29) is 11.7 Å².